The Kier molecular flexibility index (Phi) is 3.76. The summed E-state index contributed by atoms with van der Waals surface area (Å²) in [5.74, 6) is 1.28. The summed E-state index contributed by atoms with van der Waals surface area (Å²) < 4.78 is 1.90. The number of halogens is 1. The second-order valence-corrected chi connectivity index (χ2v) is 4.14. The van der Waals surface area contributed by atoms with Crippen LogP contribution in [0.4, 0.5) is 0 Å². The highest BCUT2D eigenvalue weighted by molar-refractivity contribution is 6.33. The Morgan fingerprint density at radius 3 is 2.71 bits per heavy atom. The fraction of sp³-hybridized carbons (Fsp3) is 0.333. The van der Waals surface area contributed by atoms with E-state index < -0.39 is 0 Å². The standard InChI is InChI=1S/C12H14ClN3O/c1-2-7-16-11(8-17)14-15-12(16)9-5-3-4-6-10(9)13/h3-6,17H,2,7-8H2,1H3. The van der Waals surface area contributed by atoms with Gasteiger partial charge in [0.25, 0.3) is 0 Å². The van der Waals surface area contributed by atoms with E-state index in [4.69, 9.17) is 11.6 Å². The van der Waals surface area contributed by atoms with Gasteiger partial charge in [0, 0.05) is 12.1 Å². The Bertz CT molecular complexity index is 510. The maximum atomic E-state index is 9.22. The number of nitrogens with zero attached hydrogens (tertiary/aromatic N) is 3. The zero-order chi connectivity index (χ0) is 12.3. The predicted octanol–water partition coefficient (Wildman–Crippen LogP) is 2.50. The molecule has 0 aliphatic heterocycles. The molecule has 2 rings (SSSR count). The monoisotopic (exact) mass is 251 g/mol. The molecule has 0 unspecified atom stereocenters. The predicted molar refractivity (Wildman–Crippen MR) is 66.7 cm³/mol. The van der Waals surface area contributed by atoms with Crippen molar-refractivity contribution >= 4 is 11.6 Å². The lowest BCUT2D eigenvalue weighted by Crippen LogP contribution is -2.05. The van der Waals surface area contributed by atoms with Crippen LogP contribution >= 0.6 is 11.6 Å². The van der Waals surface area contributed by atoms with E-state index in [1.165, 1.54) is 0 Å². The van der Waals surface area contributed by atoms with Crippen molar-refractivity contribution in [3.63, 3.8) is 0 Å². The third-order valence-corrected chi connectivity index (χ3v) is 2.86. The zero-order valence-corrected chi connectivity index (χ0v) is 10.4. The summed E-state index contributed by atoms with van der Waals surface area (Å²) in [6, 6.07) is 7.50. The minimum atomic E-state index is -0.114. The smallest absolute Gasteiger partial charge is 0.165 e. The van der Waals surface area contributed by atoms with Crippen LogP contribution in [-0.4, -0.2) is 19.9 Å². The molecule has 0 saturated heterocycles. The van der Waals surface area contributed by atoms with E-state index in [1.54, 1.807) is 0 Å². The topological polar surface area (TPSA) is 50.9 Å². The second kappa shape index (κ2) is 5.29. The van der Waals surface area contributed by atoms with Crippen molar-refractivity contribution in [2.75, 3.05) is 0 Å². The summed E-state index contributed by atoms with van der Waals surface area (Å²) in [6.07, 6.45) is 0.947. The molecule has 0 atom stereocenters. The highest BCUT2D eigenvalue weighted by atomic mass is 35.5. The molecule has 0 fully saturated rings. The zero-order valence-electron chi connectivity index (χ0n) is 9.60. The van der Waals surface area contributed by atoms with Gasteiger partial charge in [0.15, 0.2) is 11.6 Å². The van der Waals surface area contributed by atoms with Gasteiger partial charge in [0.05, 0.1) is 5.02 Å². The molecule has 0 bridgehead atoms. The molecule has 1 heterocycles. The van der Waals surface area contributed by atoms with E-state index in [1.807, 2.05) is 28.8 Å². The molecule has 1 N–H and O–H groups in total. The molecule has 1 aromatic carbocycles. The summed E-state index contributed by atoms with van der Waals surface area (Å²) in [7, 11) is 0. The maximum Gasteiger partial charge on any atom is 0.165 e. The average Bonchev–Trinajstić information content (AvgIpc) is 2.73. The van der Waals surface area contributed by atoms with E-state index in [-0.39, 0.29) is 6.61 Å². The SMILES string of the molecule is CCCn1c(CO)nnc1-c1ccccc1Cl. The van der Waals surface area contributed by atoms with Gasteiger partial charge in [0.1, 0.15) is 6.61 Å². The first-order valence-corrected chi connectivity index (χ1v) is 5.93. The normalized spacial score (nSPS) is 10.8. The van der Waals surface area contributed by atoms with Gasteiger partial charge >= 0.3 is 0 Å². The number of aliphatic hydroxyl groups excluding tert-OH is 1. The van der Waals surface area contributed by atoms with Crippen LogP contribution in [0.3, 0.4) is 0 Å². The molecule has 0 aliphatic rings. The lowest BCUT2D eigenvalue weighted by atomic mass is 10.2. The summed E-state index contributed by atoms with van der Waals surface area (Å²) in [5, 5.41) is 17.9. The van der Waals surface area contributed by atoms with Crippen LogP contribution in [0.1, 0.15) is 19.2 Å². The van der Waals surface area contributed by atoms with E-state index in [9.17, 15) is 5.11 Å². The van der Waals surface area contributed by atoms with Gasteiger partial charge in [-0.3, -0.25) is 0 Å². The van der Waals surface area contributed by atoms with Crippen LogP contribution < -0.4 is 0 Å². The summed E-state index contributed by atoms with van der Waals surface area (Å²) in [4.78, 5) is 0. The lowest BCUT2D eigenvalue weighted by molar-refractivity contribution is 0.264. The van der Waals surface area contributed by atoms with Crippen LogP contribution in [-0.2, 0) is 13.2 Å². The molecule has 0 saturated carbocycles. The Morgan fingerprint density at radius 1 is 1.29 bits per heavy atom. The Balaban J connectivity index is 2.52. The number of rotatable bonds is 4. The summed E-state index contributed by atoms with van der Waals surface area (Å²) in [5.41, 5.74) is 0.842. The van der Waals surface area contributed by atoms with Crippen LogP contribution in [0, 0.1) is 0 Å². The highest BCUT2D eigenvalue weighted by Crippen LogP contribution is 2.26. The molecule has 4 nitrogen and oxygen atoms in total. The van der Waals surface area contributed by atoms with E-state index >= 15 is 0 Å². The molecule has 5 heteroatoms. The van der Waals surface area contributed by atoms with Gasteiger partial charge in [-0.05, 0) is 18.6 Å². The van der Waals surface area contributed by atoms with Crippen LogP contribution in [0.2, 0.25) is 5.02 Å². The fourth-order valence-electron chi connectivity index (χ4n) is 1.75. The van der Waals surface area contributed by atoms with Crippen molar-refractivity contribution in [1.29, 1.82) is 0 Å². The molecule has 17 heavy (non-hydrogen) atoms. The number of benzene rings is 1. The number of aliphatic hydroxyl groups is 1. The first kappa shape index (κ1) is 12.1. The molecule has 90 valence electrons. The third kappa shape index (κ3) is 2.33. The van der Waals surface area contributed by atoms with Crippen LogP contribution in [0.5, 0.6) is 0 Å². The molecule has 0 spiro atoms. The van der Waals surface area contributed by atoms with Crippen LogP contribution in [0.15, 0.2) is 24.3 Å². The number of hydrogen-bond acceptors (Lipinski definition) is 3. The molecule has 0 aliphatic carbocycles. The van der Waals surface area contributed by atoms with Crippen molar-refractivity contribution in [1.82, 2.24) is 14.8 Å². The first-order valence-electron chi connectivity index (χ1n) is 5.55. The van der Waals surface area contributed by atoms with Gasteiger partial charge in [-0.15, -0.1) is 10.2 Å². The lowest BCUT2D eigenvalue weighted by Gasteiger charge is -2.08. The van der Waals surface area contributed by atoms with E-state index in [0.29, 0.717) is 16.7 Å². The van der Waals surface area contributed by atoms with Crippen molar-refractivity contribution in [2.24, 2.45) is 0 Å². The number of hydrogen-bond donors (Lipinski definition) is 1. The van der Waals surface area contributed by atoms with Crippen LogP contribution in [0.25, 0.3) is 11.4 Å². The molecule has 0 amide bonds. The first-order chi connectivity index (χ1) is 8.27. The Labute approximate surface area is 105 Å². The average molecular weight is 252 g/mol. The minimum Gasteiger partial charge on any atom is -0.388 e. The summed E-state index contributed by atoms with van der Waals surface area (Å²) in [6.45, 7) is 2.72. The largest absolute Gasteiger partial charge is 0.388 e. The number of aromatic nitrogens is 3. The van der Waals surface area contributed by atoms with Crippen molar-refractivity contribution in [2.45, 2.75) is 26.5 Å². The minimum absolute atomic E-state index is 0.114. The van der Waals surface area contributed by atoms with Gasteiger partial charge in [0.2, 0.25) is 0 Å². The molecular formula is C12H14ClN3O. The van der Waals surface area contributed by atoms with Crippen molar-refractivity contribution < 1.29 is 5.11 Å². The van der Waals surface area contributed by atoms with Crippen molar-refractivity contribution in [3.8, 4) is 11.4 Å². The third-order valence-electron chi connectivity index (χ3n) is 2.53. The molecular weight excluding hydrogens is 238 g/mol. The van der Waals surface area contributed by atoms with Gasteiger partial charge in [-0.1, -0.05) is 30.7 Å². The Morgan fingerprint density at radius 2 is 2.06 bits per heavy atom. The summed E-state index contributed by atoms with van der Waals surface area (Å²) >= 11 is 6.14. The quantitative estimate of drug-likeness (QED) is 0.908. The van der Waals surface area contributed by atoms with Gasteiger partial charge in [-0.25, -0.2) is 0 Å². The van der Waals surface area contributed by atoms with E-state index in [0.717, 1.165) is 18.5 Å². The van der Waals surface area contributed by atoms with Crippen molar-refractivity contribution in [3.05, 3.63) is 35.1 Å². The molecule has 0 radical (unpaired) electrons. The highest BCUT2D eigenvalue weighted by Gasteiger charge is 2.14. The van der Waals surface area contributed by atoms with Gasteiger partial charge < -0.3 is 9.67 Å². The van der Waals surface area contributed by atoms with E-state index in [2.05, 4.69) is 17.1 Å². The Hall–Kier alpha value is -1.39. The maximum absolute atomic E-state index is 9.22. The second-order valence-electron chi connectivity index (χ2n) is 3.73. The van der Waals surface area contributed by atoms with Gasteiger partial charge in [-0.2, -0.15) is 0 Å². The molecule has 1 aromatic heterocycles. The molecule has 2 aromatic rings. The fourth-order valence-corrected chi connectivity index (χ4v) is 1.97.